The summed E-state index contributed by atoms with van der Waals surface area (Å²) in [5.41, 5.74) is 2.64. The molecule has 0 aromatic heterocycles. The Morgan fingerprint density at radius 2 is 2.35 bits per heavy atom. The molecule has 0 fully saturated rings. The van der Waals surface area contributed by atoms with E-state index in [0.717, 1.165) is 38.5 Å². The maximum absolute atomic E-state index is 5.87. The zero-order valence-electron chi connectivity index (χ0n) is 10.7. The summed E-state index contributed by atoms with van der Waals surface area (Å²) in [7, 11) is 0. The smallest absolute Gasteiger partial charge is 0.123 e. The first-order valence-corrected chi connectivity index (χ1v) is 6.34. The average molecular weight is 235 g/mol. The maximum atomic E-state index is 5.87. The predicted octanol–water partition coefficient (Wildman–Crippen LogP) is 1.92. The molecular formula is C14H21NO2. The molecule has 17 heavy (non-hydrogen) atoms. The second kappa shape index (κ2) is 6.03. The van der Waals surface area contributed by atoms with Crippen LogP contribution in [0.5, 0.6) is 5.75 Å². The van der Waals surface area contributed by atoms with E-state index in [9.17, 15) is 0 Å². The highest BCUT2D eigenvalue weighted by Crippen LogP contribution is 2.29. The summed E-state index contributed by atoms with van der Waals surface area (Å²) in [5, 5.41) is 3.36. The second-order valence-corrected chi connectivity index (χ2v) is 4.46. The van der Waals surface area contributed by atoms with Crippen molar-refractivity contribution in [1.29, 1.82) is 0 Å². The molecule has 1 aliphatic rings. The molecule has 1 N–H and O–H groups in total. The van der Waals surface area contributed by atoms with Crippen molar-refractivity contribution in [2.24, 2.45) is 0 Å². The Bertz CT molecular complexity index is 365. The van der Waals surface area contributed by atoms with Gasteiger partial charge in [-0.15, -0.1) is 0 Å². The standard InChI is InChI=1S/C14H21NO2/c1-3-16-7-6-15-10-13-9-12-8-11(2)4-5-14(12)17-13/h4-5,8,13,15H,3,6-7,9-10H2,1-2H3. The summed E-state index contributed by atoms with van der Waals surface area (Å²) in [4.78, 5) is 0. The third-order valence-electron chi connectivity index (χ3n) is 2.96. The Labute approximate surface area is 103 Å². The number of ether oxygens (including phenoxy) is 2. The monoisotopic (exact) mass is 235 g/mol. The van der Waals surface area contributed by atoms with Gasteiger partial charge in [-0.2, -0.15) is 0 Å². The Morgan fingerprint density at radius 3 is 3.18 bits per heavy atom. The molecular weight excluding hydrogens is 214 g/mol. The average Bonchev–Trinajstić information content (AvgIpc) is 2.70. The highest BCUT2D eigenvalue weighted by Gasteiger charge is 2.21. The van der Waals surface area contributed by atoms with Crippen LogP contribution in [-0.4, -0.2) is 32.4 Å². The predicted molar refractivity (Wildman–Crippen MR) is 68.7 cm³/mol. The SMILES string of the molecule is CCOCCNCC1Cc2cc(C)ccc2O1. The van der Waals surface area contributed by atoms with E-state index < -0.39 is 0 Å². The van der Waals surface area contributed by atoms with Crippen molar-refractivity contribution < 1.29 is 9.47 Å². The fraction of sp³-hybridized carbons (Fsp3) is 0.571. The van der Waals surface area contributed by atoms with Crippen LogP contribution in [0.1, 0.15) is 18.1 Å². The summed E-state index contributed by atoms with van der Waals surface area (Å²) >= 11 is 0. The molecule has 1 unspecified atom stereocenters. The lowest BCUT2D eigenvalue weighted by Gasteiger charge is -2.11. The van der Waals surface area contributed by atoms with Gasteiger partial charge in [0.15, 0.2) is 0 Å². The molecule has 0 bridgehead atoms. The van der Waals surface area contributed by atoms with Crippen LogP contribution in [-0.2, 0) is 11.2 Å². The van der Waals surface area contributed by atoms with E-state index in [1.54, 1.807) is 0 Å². The van der Waals surface area contributed by atoms with E-state index in [4.69, 9.17) is 9.47 Å². The highest BCUT2D eigenvalue weighted by atomic mass is 16.5. The molecule has 1 aliphatic heterocycles. The van der Waals surface area contributed by atoms with Gasteiger partial charge in [0.25, 0.3) is 0 Å². The molecule has 1 aromatic rings. The third kappa shape index (κ3) is 3.45. The summed E-state index contributed by atoms with van der Waals surface area (Å²) in [6.45, 7) is 7.47. The van der Waals surface area contributed by atoms with Crippen molar-refractivity contribution in [3.05, 3.63) is 29.3 Å². The first-order chi connectivity index (χ1) is 8.29. The molecule has 1 atom stereocenters. The van der Waals surface area contributed by atoms with Crippen LogP contribution >= 0.6 is 0 Å². The summed E-state index contributed by atoms with van der Waals surface area (Å²) < 4.78 is 11.1. The Morgan fingerprint density at radius 1 is 1.47 bits per heavy atom. The topological polar surface area (TPSA) is 30.5 Å². The van der Waals surface area contributed by atoms with Crippen molar-refractivity contribution in [1.82, 2.24) is 5.32 Å². The van der Waals surface area contributed by atoms with Crippen molar-refractivity contribution in [2.75, 3.05) is 26.3 Å². The Balaban J connectivity index is 1.73. The maximum Gasteiger partial charge on any atom is 0.123 e. The summed E-state index contributed by atoms with van der Waals surface area (Å²) in [6, 6.07) is 6.39. The molecule has 0 saturated heterocycles. The minimum Gasteiger partial charge on any atom is -0.488 e. The summed E-state index contributed by atoms with van der Waals surface area (Å²) in [6.07, 6.45) is 1.28. The molecule has 3 heteroatoms. The van der Waals surface area contributed by atoms with Gasteiger partial charge in [0, 0.05) is 26.1 Å². The van der Waals surface area contributed by atoms with Crippen molar-refractivity contribution >= 4 is 0 Å². The molecule has 1 aromatic carbocycles. The largest absolute Gasteiger partial charge is 0.488 e. The van der Waals surface area contributed by atoms with E-state index in [0.29, 0.717) is 0 Å². The number of hydrogen-bond donors (Lipinski definition) is 1. The van der Waals surface area contributed by atoms with Crippen LogP contribution in [0.15, 0.2) is 18.2 Å². The van der Waals surface area contributed by atoms with Crippen molar-refractivity contribution in [3.8, 4) is 5.75 Å². The zero-order chi connectivity index (χ0) is 12.1. The Kier molecular flexibility index (Phi) is 4.40. The van der Waals surface area contributed by atoms with Crippen LogP contribution < -0.4 is 10.1 Å². The van der Waals surface area contributed by atoms with Gasteiger partial charge >= 0.3 is 0 Å². The molecule has 1 heterocycles. The second-order valence-electron chi connectivity index (χ2n) is 4.46. The summed E-state index contributed by atoms with van der Waals surface area (Å²) in [5.74, 6) is 1.05. The fourth-order valence-corrected chi connectivity index (χ4v) is 2.11. The van der Waals surface area contributed by atoms with E-state index in [-0.39, 0.29) is 6.10 Å². The van der Waals surface area contributed by atoms with Gasteiger partial charge < -0.3 is 14.8 Å². The van der Waals surface area contributed by atoms with Crippen LogP contribution in [0.25, 0.3) is 0 Å². The minimum atomic E-state index is 0.272. The van der Waals surface area contributed by atoms with Crippen LogP contribution in [0.2, 0.25) is 0 Å². The van der Waals surface area contributed by atoms with Crippen molar-refractivity contribution in [2.45, 2.75) is 26.4 Å². The minimum absolute atomic E-state index is 0.272. The van der Waals surface area contributed by atoms with E-state index in [2.05, 4.69) is 30.4 Å². The van der Waals surface area contributed by atoms with E-state index in [1.807, 2.05) is 6.92 Å². The molecule has 2 rings (SSSR count). The first kappa shape index (κ1) is 12.4. The molecule has 94 valence electrons. The number of rotatable bonds is 6. The molecule has 0 spiro atoms. The number of aryl methyl sites for hydroxylation is 1. The molecule has 0 radical (unpaired) electrons. The van der Waals surface area contributed by atoms with Gasteiger partial charge in [0.05, 0.1) is 6.61 Å². The van der Waals surface area contributed by atoms with Crippen LogP contribution in [0, 0.1) is 6.92 Å². The number of nitrogens with one attached hydrogen (secondary N) is 1. The quantitative estimate of drug-likeness (QED) is 0.764. The van der Waals surface area contributed by atoms with Gasteiger partial charge in [-0.3, -0.25) is 0 Å². The molecule has 3 nitrogen and oxygen atoms in total. The molecule has 0 saturated carbocycles. The van der Waals surface area contributed by atoms with Gasteiger partial charge in [-0.1, -0.05) is 17.7 Å². The normalized spacial score (nSPS) is 17.9. The molecule has 0 aliphatic carbocycles. The van der Waals surface area contributed by atoms with Crippen molar-refractivity contribution in [3.63, 3.8) is 0 Å². The lowest BCUT2D eigenvalue weighted by molar-refractivity contribution is 0.145. The molecule has 0 amide bonds. The first-order valence-electron chi connectivity index (χ1n) is 6.34. The van der Waals surface area contributed by atoms with Crippen LogP contribution in [0.3, 0.4) is 0 Å². The lowest BCUT2D eigenvalue weighted by Crippen LogP contribution is -2.32. The third-order valence-corrected chi connectivity index (χ3v) is 2.96. The highest BCUT2D eigenvalue weighted by molar-refractivity contribution is 5.40. The van der Waals surface area contributed by atoms with Gasteiger partial charge in [0.1, 0.15) is 11.9 Å². The Hall–Kier alpha value is -1.06. The fourth-order valence-electron chi connectivity index (χ4n) is 2.11. The van der Waals surface area contributed by atoms with E-state index >= 15 is 0 Å². The van der Waals surface area contributed by atoms with Gasteiger partial charge in [-0.05, 0) is 25.5 Å². The van der Waals surface area contributed by atoms with E-state index in [1.165, 1.54) is 11.1 Å². The lowest BCUT2D eigenvalue weighted by atomic mass is 10.1. The van der Waals surface area contributed by atoms with Gasteiger partial charge in [0.2, 0.25) is 0 Å². The van der Waals surface area contributed by atoms with Gasteiger partial charge in [-0.25, -0.2) is 0 Å². The zero-order valence-corrected chi connectivity index (χ0v) is 10.7. The number of fused-ring (bicyclic) bond motifs is 1. The number of benzene rings is 1. The number of hydrogen-bond acceptors (Lipinski definition) is 3. The van der Waals surface area contributed by atoms with Crippen LogP contribution in [0.4, 0.5) is 0 Å².